The summed E-state index contributed by atoms with van der Waals surface area (Å²) in [4.78, 5) is 4.79. The van der Waals surface area contributed by atoms with Gasteiger partial charge < -0.3 is 9.47 Å². The summed E-state index contributed by atoms with van der Waals surface area (Å²) in [5, 5.41) is 0. The molecule has 0 radical (unpaired) electrons. The molecule has 0 aromatic heterocycles. The van der Waals surface area contributed by atoms with Crippen molar-refractivity contribution in [3.8, 4) is 11.5 Å². The Balaban J connectivity index is 1.69. The number of halogens is 1. The van der Waals surface area contributed by atoms with Crippen molar-refractivity contribution in [2.24, 2.45) is 0 Å². The minimum atomic E-state index is -0.161. The molecule has 0 N–H and O–H groups in total. The van der Waals surface area contributed by atoms with E-state index in [1.54, 1.807) is 20.3 Å². The summed E-state index contributed by atoms with van der Waals surface area (Å²) in [5.74, 6) is 1.54. The number of benzene rings is 3. The van der Waals surface area contributed by atoms with Crippen molar-refractivity contribution in [2.45, 2.75) is 25.7 Å². The monoisotopic (exact) mass is 420 g/mol. The van der Waals surface area contributed by atoms with E-state index in [0.717, 1.165) is 43.1 Å². The van der Waals surface area contributed by atoms with Crippen LogP contribution in [-0.2, 0) is 13.1 Å². The molecule has 3 aromatic rings. The Morgan fingerprint density at radius 3 is 2.35 bits per heavy atom. The van der Waals surface area contributed by atoms with Crippen molar-refractivity contribution < 1.29 is 13.9 Å². The largest absolute Gasteiger partial charge is 0.497 e. The smallest absolute Gasteiger partial charge is 0.127 e. The third kappa shape index (κ3) is 4.89. The highest BCUT2D eigenvalue weighted by atomic mass is 19.1. The average molecular weight is 421 g/mol. The SMILES string of the molecule is COc1cccc(CN2CCCN(Cc3ccccc3F)[C@H]2c2ccccc2OC)c1. The Morgan fingerprint density at radius 1 is 0.839 bits per heavy atom. The van der Waals surface area contributed by atoms with Crippen molar-refractivity contribution in [2.75, 3.05) is 27.3 Å². The van der Waals surface area contributed by atoms with E-state index in [-0.39, 0.29) is 12.0 Å². The van der Waals surface area contributed by atoms with Gasteiger partial charge in [0.2, 0.25) is 0 Å². The lowest BCUT2D eigenvalue weighted by Crippen LogP contribution is -2.47. The van der Waals surface area contributed by atoms with Gasteiger partial charge in [0.15, 0.2) is 0 Å². The fourth-order valence-corrected chi connectivity index (χ4v) is 4.41. The van der Waals surface area contributed by atoms with E-state index < -0.39 is 0 Å². The zero-order valence-corrected chi connectivity index (χ0v) is 18.1. The van der Waals surface area contributed by atoms with E-state index in [2.05, 4.69) is 28.0 Å². The number of nitrogens with zero attached hydrogens (tertiary/aromatic N) is 2. The van der Waals surface area contributed by atoms with Crippen LogP contribution in [0.2, 0.25) is 0 Å². The van der Waals surface area contributed by atoms with Crippen molar-refractivity contribution in [3.63, 3.8) is 0 Å². The third-order valence-electron chi connectivity index (χ3n) is 5.85. The molecule has 0 saturated carbocycles. The molecule has 1 saturated heterocycles. The predicted molar refractivity (Wildman–Crippen MR) is 121 cm³/mol. The Hall–Kier alpha value is -2.89. The summed E-state index contributed by atoms with van der Waals surface area (Å²) in [7, 11) is 3.39. The maximum Gasteiger partial charge on any atom is 0.127 e. The highest BCUT2D eigenvalue weighted by Gasteiger charge is 2.33. The van der Waals surface area contributed by atoms with Crippen LogP contribution in [0.1, 0.15) is 29.3 Å². The quantitative estimate of drug-likeness (QED) is 0.521. The van der Waals surface area contributed by atoms with Gasteiger partial charge in [0, 0.05) is 37.3 Å². The molecule has 4 nitrogen and oxygen atoms in total. The highest BCUT2D eigenvalue weighted by Crippen LogP contribution is 2.37. The first-order valence-electron chi connectivity index (χ1n) is 10.7. The van der Waals surface area contributed by atoms with E-state index >= 15 is 0 Å². The molecule has 162 valence electrons. The minimum absolute atomic E-state index is 0.0179. The normalized spacial score (nSPS) is 17.5. The van der Waals surface area contributed by atoms with Crippen LogP contribution >= 0.6 is 0 Å². The Kier molecular flexibility index (Phi) is 6.85. The second-order valence-electron chi connectivity index (χ2n) is 7.85. The maximum absolute atomic E-state index is 14.5. The second kappa shape index (κ2) is 9.94. The van der Waals surface area contributed by atoms with Gasteiger partial charge in [-0.25, -0.2) is 4.39 Å². The molecule has 0 spiro atoms. The standard InChI is InChI=1S/C26H29FN2O2/c1-30-22-11-7-9-20(17-22)18-28-15-8-16-29(19-21-10-3-5-13-24(21)27)26(28)23-12-4-6-14-25(23)31-2/h3-7,9-14,17,26H,8,15-16,18-19H2,1-2H3/t26-/m0/s1. The van der Waals surface area contributed by atoms with Gasteiger partial charge in [-0.2, -0.15) is 0 Å². The number of rotatable bonds is 7. The second-order valence-corrected chi connectivity index (χ2v) is 7.85. The van der Waals surface area contributed by atoms with Gasteiger partial charge in [-0.15, -0.1) is 0 Å². The van der Waals surface area contributed by atoms with Gasteiger partial charge in [-0.05, 0) is 36.2 Å². The van der Waals surface area contributed by atoms with Crippen molar-refractivity contribution in [1.29, 1.82) is 0 Å². The lowest BCUT2D eigenvalue weighted by atomic mass is 10.0. The van der Waals surface area contributed by atoms with Crippen LogP contribution < -0.4 is 9.47 Å². The Bertz CT molecular complexity index is 1010. The van der Waals surface area contributed by atoms with E-state index in [0.29, 0.717) is 12.1 Å². The maximum atomic E-state index is 14.5. The van der Waals surface area contributed by atoms with Crippen LogP contribution in [0.5, 0.6) is 11.5 Å². The van der Waals surface area contributed by atoms with E-state index in [9.17, 15) is 4.39 Å². The molecule has 1 fully saturated rings. The molecule has 0 amide bonds. The number of hydrogen-bond donors (Lipinski definition) is 0. The predicted octanol–water partition coefficient (Wildman–Crippen LogP) is 5.25. The molecule has 1 aliphatic rings. The number of ether oxygens (including phenoxy) is 2. The molecular formula is C26H29FN2O2. The number of methoxy groups -OCH3 is 2. The fraction of sp³-hybridized carbons (Fsp3) is 0.308. The Morgan fingerprint density at radius 2 is 1.58 bits per heavy atom. The van der Waals surface area contributed by atoms with Gasteiger partial charge >= 0.3 is 0 Å². The summed E-state index contributed by atoms with van der Waals surface area (Å²) >= 11 is 0. The summed E-state index contributed by atoms with van der Waals surface area (Å²) in [5.41, 5.74) is 3.00. The molecule has 0 unspecified atom stereocenters. The topological polar surface area (TPSA) is 24.9 Å². The zero-order chi connectivity index (χ0) is 21.6. The first-order chi connectivity index (χ1) is 15.2. The molecule has 4 rings (SSSR count). The van der Waals surface area contributed by atoms with Gasteiger partial charge in [-0.1, -0.05) is 48.5 Å². The van der Waals surface area contributed by atoms with Crippen LogP contribution in [0.25, 0.3) is 0 Å². The molecule has 1 atom stereocenters. The third-order valence-corrected chi connectivity index (χ3v) is 5.85. The first-order valence-corrected chi connectivity index (χ1v) is 10.7. The molecule has 1 heterocycles. The molecule has 3 aromatic carbocycles. The van der Waals surface area contributed by atoms with Crippen molar-refractivity contribution >= 4 is 0 Å². The summed E-state index contributed by atoms with van der Waals surface area (Å²) < 4.78 is 25.6. The minimum Gasteiger partial charge on any atom is -0.497 e. The fourth-order valence-electron chi connectivity index (χ4n) is 4.41. The molecule has 0 aliphatic carbocycles. The van der Waals surface area contributed by atoms with Crippen LogP contribution in [0.3, 0.4) is 0 Å². The first kappa shape index (κ1) is 21.3. The molecule has 0 bridgehead atoms. The molecule has 31 heavy (non-hydrogen) atoms. The van der Waals surface area contributed by atoms with Crippen LogP contribution in [0, 0.1) is 5.82 Å². The van der Waals surface area contributed by atoms with Gasteiger partial charge in [0.05, 0.1) is 20.4 Å². The zero-order valence-electron chi connectivity index (χ0n) is 18.1. The molecule has 1 aliphatic heterocycles. The highest BCUT2D eigenvalue weighted by molar-refractivity contribution is 5.36. The van der Waals surface area contributed by atoms with E-state index in [1.807, 2.05) is 42.5 Å². The Labute approximate surface area is 183 Å². The van der Waals surface area contributed by atoms with Crippen LogP contribution in [0.15, 0.2) is 72.8 Å². The lowest BCUT2D eigenvalue weighted by molar-refractivity contribution is -0.0109. The van der Waals surface area contributed by atoms with Gasteiger partial charge in [0.25, 0.3) is 0 Å². The number of hydrogen-bond acceptors (Lipinski definition) is 4. The average Bonchev–Trinajstić information content (AvgIpc) is 2.81. The van der Waals surface area contributed by atoms with E-state index in [4.69, 9.17) is 9.47 Å². The summed E-state index contributed by atoms with van der Waals surface area (Å²) in [6.07, 6.45) is 1.00. The summed E-state index contributed by atoms with van der Waals surface area (Å²) in [6.45, 7) is 3.16. The van der Waals surface area contributed by atoms with Crippen LogP contribution in [0.4, 0.5) is 4.39 Å². The van der Waals surface area contributed by atoms with Crippen molar-refractivity contribution in [1.82, 2.24) is 9.80 Å². The number of para-hydroxylation sites is 1. The van der Waals surface area contributed by atoms with Gasteiger partial charge in [0.1, 0.15) is 17.3 Å². The lowest BCUT2D eigenvalue weighted by Gasteiger charge is -2.44. The molecular weight excluding hydrogens is 391 g/mol. The van der Waals surface area contributed by atoms with Gasteiger partial charge in [-0.3, -0.25) is 9.80 Å². The van der Waals surface area contributed by atoms with Crippen LogP contribution in [-0.4, -0.2) is 37.1 Å². The van der Waals surface area contributed by atoms with E-state index in [1.165, 1.54) is 11.6 Å². The molecule has 5 heteroatoms. The van der Waals surface area contributed by atoms with Crippen molar-refractivity contribution in [3.05, 3.63) is 95.3 Å². The summed E-state index contributed by atoms with van der Waals surface area (Å²) in [6, 6.07) is 23.4.